The zero-order valence-electron chi connectivity index (χ0n) is 9.23. The minimum atomic E-state index is -0.226. The Morgan fingerprint density at radius 1 is 1.20 bits per heavy atom. The molecule has 0 heterocycles. The Kier molecular flexibility index (Phi) is 3.79. The number of hydrogen-bond donors (Lipinski definition) is 1. The van der Waals surface area contributed by atoms with Crippen molar-refractivity contribution < 1.29 is 5.11 Å². The van der Waals surface area contributed by atoms with Crippen LogP contribution in [0.25, 0.3) is 0 Å². The normalized spacial score (nSPS) is 30.7. The third-order valence-electron chi connectivity index (χ3n) is 3.38. The summed E-state index contributed by atoms with van der Waals surface area (Å²) in [5.41, 5.74) is 1.42. The lowest BCUT2D eigenvalue weighted by Gasteiger charge is -2.22. The van der Waals surface area contributed by atoms with Gasteiger partial charge in [0.15, 0.2) is 0 Å². The van der Waals surface area contributed by atoms with Crippen LogP contribution in [0, 0.1) is 5.92 Å². The summed E-state index contributed by atoms with van der Waals surface area (Å²) in [6.45, 7) is 0. The van der Waals surface area contributed by atoms with Gasteiger partial charge in [-0.25, -0.2) is 0 Å². The van der Waals surface area contributed by atoms with E-state index in [0.717, 1.165) is 38.5 Å². The van der Waals surface area contributed by atoms with Crippen molar-refractivity contribution in [3.05, 3.63) is 36.0 Å². The zero-order valence-corrected chi connectivity index (χ0v) is 9.23. The number of aliphatic hydroxyl groups excluding tert-OH is 1. The minimum Gasteiger partial charge on any atom is -0.389 e. The fourth-order valence-corrected chi connectivity index (χ4v) is 2.38. The van der Waals surface area contributed by atoms with E-state index in [1.165, 1.54) is 5.57 Å². The van der Waals surface area contributed by atoms with Crippen LogP contribution in [0.3, 0.4) is 0 Å². The first-order valence-corrected chi connectivity index (χ1v) is 6.04. The van der Waals surface area contributed by atoms with Crippen molar-refractivity contribution in [3.63, 3.8) is 0 Å². The minimum absolute atomic E-state index is 0.226. The van der Waals surface area contributed by atoms with Crippen molar-refractivity contribution >= 4 is 0 Å². The van der Waals surface area contributed by atoms with E-state index >= 15 is 0 Å². The summed E-state index contributed by atoms with van der Waals surface area (Å²) in [5, 5.41) is 10.1. The molecule has 1 heteroatoms. The summed E-state index contributed by atoms with van der Waals surface area (Å²) >= 11 is 0. The van der Waals surface area contributed by atoms with Crippen molar-refractivity contribution in [1.82, 2.24) is 0 Å². The Labute approximate surface area is 92.2 Å². The predicted octanol–water partition coefficient (Wildman–Crippen LogP) is 3.37. The van der Waals surface area contributed by atoms with Crippen LogP contribution in [0.1, 0.15) is 38.5 Å². The molecule has 15 heavy (non-hydrogen) atoms. The van der Waals surface area contributed by atoms with E-state index in [-0.39, 0.29) is 6.10 Å². The molecule has 0 saturated heterocycles. The van der Waals surface area contributed by atoms with E-state index < -0.39 is 0 Å². The average Bonchev–Trinajstić information content (AvgIpc) is 2.31. The summed E-state index contributed by atoms with van der Waals surface area (Å²) in [5.74, 6) is 0.452. The molecule has 2 aliphatic carbocycles. The Morgan fingerprint density at radius 3 is 2.73 bits per heavy atom. The van der Waals surface area contributed by atoms with Gasteiger partial charge in [-0.15, -0.1) is 0 Å². The summed E-state index contributed by atoms with van der Waals surface area (Å²) in [7, 11) is 0. The molecular weight excluding hydrogens is 184 g/mol. The molecule has 0 aromatic rings. The summed E-state index contributed by atoms with van der Waals surface area (Å²) < 4.78 is 0. The van der Waals surface area contributed by atoms with Crippen molar-refractivity contribution in [2.45, 2.75) is 44.6 Å². The summed E-state index contributed by atoms with van der Waals surface area (Å²) in [4.78, 5) is 0. The lowest BCUT2D eigenvalue weighted by atomic mass is 9.87. The second-order valence-electron chi connectivity index (χ2n) is 4.57. The second-order valence-corrected chi connectivity index (χ2v) is 4.57. The molecule has 2 aliphatic rings. The molecule has 0 fully saturated rings. The maximum absolute atomic E-state index is 10.1. The molecule has 0 bridgehead atoms. The van der Waals surface area contributed by atoms with Crippen molar-refractivity contribution in [1.29, 1.82) is 0 Å². The molecule has 0 aromatic carbocycles. The van der Waals surface area contributed by atoms with Crippen molar-refractivity contribution in [3.8, 4) is 0 Å². The molecule has 2 unspecified atom stereocenters. The summed E-state index contributed by atoms with van der Waals surface area (Å²) in [6.07, 6.45) is 17.4. The van der Waals surface area contributed by atoms with E-state index in [4.69, 9.17) is 0 Å². The van der Waals surface area contributed by atoms with Crippen LogP contribution in [0.15, 0.2) is 36.0 Å². The fourth-order valence-electron chi connectivity index (χ4n) is 2.38. The maximum Gasteiger partial charge on any atom is 0.0754 e. The van der Waals surface area contributed by atoms with E-state index in [1.807, 2.05) is 0 Å². The van der Waals surface area contributed by atoms with Gasteiger partial charge in [0.1, 0.15) is 0 Å². The molecule has 0 spiro atoms. The molecule has 82 valence electrons. The SMILES string of the molecule is OC(/C=C1\CC=CCC1)C1CC=CCC1. The quantitative estimate of drug-likeness (QED) is 0.684. The van der Waals surface area contributed by atoms with Crippen LogP contribution in [0.2, 0.25) is 0 Å². The standard InChI is InChI=1S/C14H20O/c15-14(13-9-5-2-6-10-13)11-12-7-3-1-4-8-12/h1-3,5,11,13-15H,4,6-10H2/b12-11+. The second kappa shape index (κ2) is 5.32. The lowest BCUT2D eigenvalue weighted by Crippen LogP contribution is -2.19. The van der Waals surface area contributed by atoms with E-state index in [1.54, 1.807) is 0 Å². The van der Waals surface area contributed by atoms with E-state index in [9.17, 15) is 5.11 Å². The van der Waals surface area contributed by atoms with Crippen molar-refractivity contribution in [2.24, 2.45) is 5.92 Å². The lowest BCUT2D eigenvalue weighted by molar-refractivity contribution is 0.144. The zero-order chi connectivity index (χ0) is 10.5. The number of rotatable bonds is 2. The molecule has 1 N–H and O–H groups in total. The topological polar surface area (TPSA) is 20.2 Å². The predicted molar refractivity (Wildman–Crippen MR) is 63.6 cm³/mol. The molecule has 0 radical (unpaired) electrons. The van der Waals surface area contributed by atoms with Gasteiger partial charge in [-0.05, 0) is 44.4 Å². The Bertz CT molecular complexity index is 286. The van der Waals surface area contributed by atoms with Crippen molar-refractivity contribution in [2.75, 3.05) is 0 Å². The summed E-state index contributed by atoms with van der Waals surface area (Å²) in [6, 6.07) is 0. The highest BCUT2D eigenvalue weighted by molar-refractivity contribution is 5.15. The number of hydrogen-bond acceptors (Lipinski definition) is 1. The smallest absolute Gasteiger partial charge is 0.0754 e. The van der Waals surface area contributed by atoms with Gasteiger partial charge in [-0.1, -0.05) is 36.0 Å². The molecule has 0 saturated carbocycles. The van der Waals surface area contributed by atoms with Gasteiger partial charge < -0.3 is 5.11 Å². The van der Waals surface area contributed by atoms with Gasteiger partial charge in [0.25, 0.3) is 0 Å². The number of aliphatic hydroxyl groups is 1. The highest BCUT2D eigenvalue weighted by Gasteiger charge is 2.18. The molecular formula is C14H20O. The fraction of sp³-hybridized carbons (Fsp3) is 0.571. The van der Waals surface area contributed by atoms with Crippen LogP contribution < -0.4 is 0 Å². The third kappa shape index (κ3) is 3.07. The van der Waals surface area contributed by atoms with Gasteiger partial charge in [-0.2, -0.15) is 0 Å². The van der Waals surface area contributed by atoms with Gasteiger partial charge >= 0.3 is 0 Å². The third-order valence-corrected chi connectivity index (χ3v) is 3.38. The average molecular weight is 204 g/mol. The largest absolute Gasteiger partial charge is 0.389 e. The molecule has 0 aliphatic heterocycles. The Hall–Kier alpha value is -0.820. The molecule has 0 amide bonds. The van der Waals surface area contributed by atoms with E-state index in [0.29, 0.717) is 5.92 Å². The van der Waals surface area contributed by atoms with E-state index in [2.05, 4.69) is 30.4 Å². The first-order valence-electron chi connectivity index (χ1n) is 6.04. The van der Waals surface area contributed by atoms with Crippen LogP contribution >= 0.6 is 0 Å². The number of allylic oxidation sites excluding steroid dienone is 5. The maximum atomic E-state index is 10.1. The van der Waals surface area contributed by atoms with Crippen LogP contribution in [0.5, 0.6) is 0 Å². The van der Waals surface area contributed by atoms with Gasteiger partial charge in [0, 0.05) is 0 Å². The van der Waals surface area contributed by atoms with Crippen LogP contribution in [0.4, 0.5) is 0 Å². The molecule has 0 aromatic heterocycles. The van der Waals surface area contributed by atoms with Crippen LogP contribution in [-0.4, -0.2) is 11.2 Å². The van der Waals surface area contributed by atoms with Crippen LogP contribution in [-0.2, 0) is 0 Å². The monoisotopic (exact) mass is 204 g/mol. The van der Waals surface area contributed by atoms with Gasteiger partial charge in [0.05, 0.1) is 6.10 Å². The highest BCUT2D eigenvalue weighted by Crippen LogP contribution is 2.25. The highest BCUT2D eigenvalue weighted by atomic mass is 16.3. The van der Waals surface area contributed by atoms with Gasteiger partial charge in [-0.3, -0.25) is 0 Å². The Balaban J connectivity index is 1.92. The van der Waals surface area contributed by atoms with Gasteiger partial charge in [0.2, 0.25) is 0 Å². The first kappa shape index (κ1) is 10.7. The molecule has 1 nitrogen and oxygen atoms in total. The molecule has 2 rings (SSSR count). The molecule has 2 atom stereocenters. The Morgan fingerprint density at radius 2 is 2.07 bits per heavy atom. The first-order chi connectivity index (χ1) is 7.36.